The van der Waals surface area contributed by atoms with Crippen molar-refractivity contribution in [1.29, 1.82) is 0 Å². The minimum atomic E-state index is 0.0812. The van der Waals surface area contributed by atoms with E-state index in [4.69, 9.17) is 4.98 Å². The molecule has 5 nitrogen and oxygen atoms in total. The SMILES string of the molecule is CC(C)N(C(=O)Cn1c([C@H](C)N2CCCCC2)nc2ccccc21)c1ccccc1. The Bertz CT molecular complexity index is 989. The van der Waals surface area contributed by atoms with Crippen LogP contribution in [-0.2, 0) is 11.3 Å². The predicted molar refractivity (Wildman–Crippen MR) is 123 cm³/mol. The van der Waals surface area contributed by atoms with Crippen LogP contribution in [0.2, 0.25) is 0 Å². The topological polar surface area (TPSA) is 41.4 Å². The molecule has 5 heteroatoms. The minimum Gasteiger partial charge on any atom is -0.317 e. The van der Waals surface area contributed by atoms with Gasteiger partial charge in [-0.25, -0.2) is 4.98 Å². The molecular formula is C25H32N4O. The van der Waals surface area contributed by atoms with Crippen LogP contribution in [0.1, 0.15) is 51.9 Å². The van der Waals surface area contributed by atoms with E-state index in [-0.39, 0.29) is 18.0 Å². The summed E-state index contributed by atoms with van der Waals surface area (Å²) >= 11 is 0. The molecule has 1 amide bonds. The second kappa shape index (κ2) is 9.00. The number of hydrogen-bond donors (Lipinski definition) is 0. The van der Waals surface area contributed by atoms with Gasteiger partial charge in [0.2, 0.25) is 5.91 Å². The molecule has 1 aliphatic heterocycles. The molecule has 158 valence electrons. The first kappa shape index (κ1) is 20.6. The number of rotatable bonds is 6. The molecule has 30 heavy (non-hydrogen) atoms. The van der Waals surface area contributed by atoms with Gasteiger partial charge in [-0.15, -0.1) is 0 Å². The zero-order valence-corrected chi connectivity index (χ0v) is 18.3. The number of carbonyl (C=O) groups excluding carboxylic acids is 1. The fourth-order valence-corrected chi connectivity index (χ4v) is 4.58. The van der Waals surface area contributed by atoms with Gasteiger partial charge in [-0.3, -0.25) is 9.69 Å². The number of fused-ring (bicyclic) bond motifs is 1. The molecule has 1 saturated heterocycles. The smallest absolute Gasteiger partial charge is 0.247 e. The molecule has 0 spiro atoms. The van der Waals surface area contributed by atoms with Gasteiger partial charge in [-0.05, 0) is 71.0 Å². The highest BCUT2D eigenvalue weighted by Crippen LogP contribution is 2.28. The van der Waals surface area contributed by atoms with Gasteiger partial charge in [0.15, 0.2) is 0 Å². The largest absolute Gasteiger partial charge is 0.317 e. The van der Waals surface area contributed by atoms with E-state index in [0.29, 0.717) is 6.54 Å². The fraction of sp³-hybridized carbons (Fsp3) is 0.440. The van der Waals surface area contributed by atoms with Crippen LogP contribution in [0.5, 0.6) is 0 Å². The molecule has 0 aliphatic carbocycles. The van der Waals surface area contributed by atoms with Gasteiger partial charge in [0.1, 0.15) is 12.4 Å². The Balaban J connectivity index is 1.69. The maximum atomic E-state index is 13.5. The van der Waals surface area contributed by atoms with Gasteiger partial charge in [-0.2, -0.15) is 0 Å². The molecule has 2 aromatic carbocycles. The van der Waals surface area contributed by atoms with Crippen LogP contribution in [0, 0.1) is 0 Å². The van der Waals surface area contributed by atoms with Gasteiger partial charge in [0.25, 0.3) is 0 Å². The van der Waals surface area contributed by atoms with Crippen molar-refractivity contribution in [2.24, 2.45) is 0 Å². The molecule has 4 rings (SSSR count). The summed E-state index contributed by atoms with van der Waals surface area (Å²) in [6, 6.07) is 18.4. The first-order chi connectivity index (χ1) is 14.6. The average Bonchev–Trinajstić information content (AvgIpc) is 3.13. The van der Waals surface area contributed by atoms with Crippen LogP contribution >= 0.6 is 0 Å². The van der Waals surface area contributed by atoms with Gasteiger partial charge < -0.3 is 9.47 Å². The van der Waals surface area contributed by atoms with Crippen LogP contribution < -0.4 is 4.90 Å². The summed E-state index contributed by atoms with van der Waals surface area (Å²) in [6.45, 7) is 8.84. The van der Waals surface area contributed by atoms with Crippen molar-refractivity contribution in [3.8, 4) is 0 Å². The van der Waals surface area contributed by atoms with E-state index in [1.165, 1.54) is 19.3 Å². The fourth-order valence-electron chi connectivity index (χ4n) is 4.58. The minimum absolute atomic E-state index is 0.0812. The Kier molecular flexibility index (Phi) is 6.18. The third-order valence-electron chi connectivity index (χ3n) is 6.11. The van der Waals surface area contributed by atoms with E-state index in [0.717, 1.165) is 35.6 Å². The molecule has 1 aromatic heterocycles. The molecule has 0 bridgehead atoms. The van der Waals surface area contributed by atoms with Gasteiger partial charge >= 0.3 is 0 Å². The number of hydrogen-bond acceptors (Lipinski definition) is 3. The lowest BCUT2D eigenvalue weighted by molar-refractivity contribution is -0.119. The summed E-state index contributed by atoms with van der Waals surface area (Å²) < 4.78 is 2.13. The van der Waals surface area contributed by atoms with E-state index in [1.54, 1.807) is 0 Å². The van der Waals surface area contributed by atoms with E-state index < -0.39 is 0 Å². The standard InChI is InChI=1S/C25H32N4O/c1-19(2)29(21-12-6-4-7-13-21)24(30)18-28-23-15-9-8-14-22(23)26-25(28)20(3)27-16-10-5-11-17-27/h4,6-9,12-15,19-20H,5,10-11,16-18H2,1-3H3/t20-/m0/s1. The molecule has 1 atom stereocenters. The van der Waals surface area contributed by atoms with Crippen molar-refractivity contribution in [1.82, 2.24) is 14.5 Å². The summed E-state index contributed by atoms with van der Waals surface area (Å²) in [4.78, 5) is 22.9. The third kappa shape index (κ3) is 4.12. The molecule has 1 aliphatic rings. The lowest BCUT2D eigenvalue weighted by Crippen LogP contribution is -2.40. The van der Waals surface area contributed by atoms with E-state index in [2.05, 4.69) is 36.3 Å². The molecule has 0 unspecified atom stereocenters. The van der Waals surface area contributed by atoms with Crippen LogP contribution in [-0.4, -0.2) is 39.5 Å². The second-order valence-electron chi connectivity index (χ2n) is 8.51. The molecule has 2 heterocycles. The maximum Gasteiger partial charge on any atom is 0.247 e. The first-order valence-corrected chi connectivity index (χ1v) is 11.1. The van der Waals surface area contributed by atoms with Crippen molar-refractivity contribution in [2.45, 2.75) is 58.7 Å². The maximum absolute atomic E-state index is 13.5. The highest BCUT2D eigenvalue weighted by molar-refractivity contribution is 5.94. The number of benzene rings is 2. The highest BCUT2D eigenvalue weighted by Gasteiger charge is 2.26. The number of likely N-dealkylation sites (tertiary alicyclic amines) is 1. The predicted octanol–water partition coefficient (Wildman–Crippen LogP) is 5.02. The number of anilines is 1. The van der Waals surface area contributed by atoms with Crippen molar-refractivity contribution in [2.75, 3.05) is 18.0 Å². The van der Waals surface area contributed by atoms with Crippen LogP contribution in [0.15, 0.2) is 54.6 Å². The Morgan fingerprint density at radius 1 is 0.967 bits per heavy atom. The number of nitrogens with zero attached hydrogens (tertiary/aromatic N) is 4. The quantitative estimate of drug-likeness (QED) is 0.579. The zero-order valence-electron chi connectivity index (χ0n) is 18.3. The van der Waals surface area contributed by atoms with Crippen molar-refractivity contribution in [3.05, 3.63) is 60.4 Å². The summed E-state index contributed by atoms with van der Waals surface area (Å²) in [5.41, 5.74) is 2.92. The lowest BCUT2D eigenvalue weighted by Gasteiger charge is -2.32. The van der Waals surface area contributed by atoms with Gasteiger partial charge in [0, 0.05) is 11.7 Å². The van der Waals surface area contributed by atoms with Crippen LogP contribution in [0.25, 0.3) is 11.0 Å². The Labute approximate surface area is 179 Å². The van der Waals surface area contributed by atoms with Crippen LogP contribution in [0.4, 0.5) is 5.69 Å². The number of carbonyl (C=O) groups is 1. The van der Waals surface area contributed by atoms with Gasteiger partial charge in [-0.1, -0.05) is 36.8 Å². The Hall–Kier alpha value is -2.66. The number of piperidine rings is 1. The van der Waals surface area contributed by atoms with E-state index in [1.807, 2.05) is 53.4 Å². The summed E-state index contributed by atoms with van der Waals surface area (Å²) in [5, 5.41) is 0. The molecule has 0 radical (unpaired) electrons. The van der Waals surface area contributed by atoms with Crippen molar-refractivity contribution < 1.29 is 4.79 Å². The number of amides is 1. The van der Waals surface area contributed by atoms with Gasteiger partial charge in [0.05, 0.1) is 17.1 Å². The summed E-state index contributed by atoms with van der Waals surface area (Å²) in [6.07, 6.45) is 3.77. The second-order valence-corrected chi connectivity index (χ2v) is 8.51. The van der Waals surface area contributed by atoms with Crippen molar-refractivity contribution in [3.63, 3.8) is 0 Å². The zero-order chi connectivity index (χ0) is 21.1. The van der Waals surface area contributed by atoms with E-state index in [9.17, 15) is 4.79 Å². The summed E-state index contributed by atoms with van der Waals surface area (Å²) in [5.74, 6) is 1.08. The monoisotopic (exact) mass is 404 g/mol. The highest BCUT2D eigenvalue weighted by atomic mass is 16.2. The summed E-state index contributed by atoms with van der Waals surface area (Å²) in [7, 11) is 0. The normalized spacial score (nSPS) is 16.1. The molecule has 0 saturated carbocycles. The van der Waals surface area contributed by atoms with Crippen molar-refractivity contribution >= 4 is 22.6 Å². The average molecular weight is 405 g/mol. The molecule has 1 fully saturated rings. The molecule has 0 N–H and O–H groups in total. The Morgan fingerprint density at radius 2 is 1.63 bits per heavy atom. The number of aromatic nitrogens is 2. The first-order valence-electron chi connectivity index (χ1n) is 11.1. The Morgan fingerprint density at radius 3 is 2.33 bits per heavy atom. The third-order valence-corrected chi connectivity index (χ3v) is 6.11. The number of para-hydroxylation sites is 3. The van der Waals surface area contributed by atoms with Crippen LogP contribution in [0.3, 0.4) is 0 Å². The molecule has 3 aromatic rings. The van der Waals surface area contributed by atoms with E-state index >= 15 is 0 Å². The lowest BCUT2D eigenvalue weighted by atomic mass is 10.1. The molecular weight excluding hydrogens is 372 g/mol. The number of imidazole rings is 1.